The van der Waals surface area contributed by atoms with Gasteiger partial charge in [0.15, 0.2) is 0 Å². The minimum atomic E-state index is -0.914. The Labute approximate surface area is 93.4 Å². The SMILES string of the molecule is Cc1ccncc1-c1cccc(C(=O)O)c1. The largest absolute Gasteiger partial charge is 0.478 e. The maximum Gasteiger partial charge on any atom is 0.335 e. The molecule has 1 N–H and O–H groups in total. The van der Waals surface area contributed by atoms with Gasteiger partial charge in [0.1, 0.15) is 0 Å². The molecule has 0 saturated heterocycles. The number of hydrogen-bond donors (Lipinski definition) is 1. The lowest BCUT2D eigenvalue weighted by Gasteiger charge is -2.05. The minimum absolute atomic E-state index is 0.292. The fourth-order valence-corrected chi connectivity index (χ4v) is 1.59. The van der Waals surface area contributed by atoms with Gasteiger partial charge in [-0.05, 0) is 36.2 Å². The molecule has 0 amide bonds. The summed E-state index contributed by atoms with van der Waals surface area (Å²) in [5.74, 6) is -0.914. The number of hydrogen-bond acceptors (Lipinski definition) is 2. The van der Waals surface area contributed by atoms with Crippen molar-refractivity contribution in [2.75, 3.05) is 0 Å². The van der Waals surface area contributed by atoms with E-state index in [0.717, 1.165) is 16.7 Å². The summed E-state index contributed by atoms with van der Waals surface area (Å²) in [5, 5.41) is 8.91. The molecule has 0 atom stereocenters. The van der Waals surface area contributed by atoms with Crippen LogP contribution < -0.4 is 0 Å². The van der Waals surface area contributed by atoms with Crippen LogP contribution in [0.3, 0.4) is 0 Å². The second-order valence-electron chi connectivity index (χ2n) is 3.58. The molecule has 0 aliphatic rings. The van der Waals surface area contributed by atoms with Crippen molar-refractivity contribution in [1.82, 2.24) is 4.98 Å². The van der Waals surface area contributed by atoms with E-state index in [1.54, 1.807) is 30.6 Å². The molecule has 0 saturated carbocycles. The molecule has 16 heavy (non-hydrogen) atoms. The van der Waals surface area contributed by atoms with E-state index in [1.165, 1.54) is 0 Å². The average Bonchev–Trinajstić information content (AvgIpc) is 2.30. The van der Waals surface area contributed by atoms with Gasteiger partial charge in [0.2, 0.25) is 0 Å². The first-order valence-electron chi connectivity index (χ1n) is 4.93. The second-order valence-corrected chi connectivity index (χ2v) is 3.58. The van der Waals surface area contributed by atoms with Crippen molar-refractivity contribution in [2.24, 2.45) is 0 Å². The summed E-state index contributed by atoms with van der Waals surface area (Å²) in [7, 11) is 0. The van der Waals surface area contributed by atoms with Crippen LogP contribution in [0.5, 0.6) is 0 Å². The standard InChI is InChI=1S/C13H11NO2/c1-9-5-6-14-8-12(9)10-3-2-4-11(7-10)13(15)16/h2-8H,1H3,(H,15,16). The van der Waals surface area contributed by atoms with Crippen molar-refractivity contribution in [3.63, 3.8) is 0 Å². The first-order chi connectivity index (χ1) is 7.68. The van der Waals surface area contributed by atoms with Gasteiger partial charge in [-0.15, -0.1) is 0 Å². The Kier molecular flexibility index (Phi) is 2.68. The Morgan fingerprint density at radius 1 is 1.31 bits per heavy atom. The van der Waals surface area contributed by atoms with Crippen LogP contribution in [-0.4, -0.2) is 16.1 Å². The van der Waals surface area contributed by atoms with Crippen molar-refractivity contribution in [3.8, 4) is 11.1 Å². The summed E-state index contributed by atoms with van der Waals surface area (Å²) in [4.78, 5) is 14.9. The van der Waals surface area contributed by atoms with E-state index in [2.05, 4.69) is 4.98 Å². The Morgan fingerprint density at radius 2 is 2.12 bits per heavy atom. The van der Waals surface area contributed by atoms with E-state index < -0.39 is 5.97 Å². The smallest absolute Gasteiger partial charge is 0.335 e. The molecule has 3 nitrogen and oxygen atoms in total. The van der Waals surface area contributed by atoms with Gasteiger partial charge in [0.05, 0.1) is 5.56 Å². The molecule has 0 aliphatic heterocycles. The van der Waals surface area contributed by atoms with Crippen LogP contribution in [0.25, 0.3) is 11.1 Å². The van der Waals surface area contributed by atoms with Gasteiger partial charge in [-0.1, -0.05) is 12.1 Å². The van der Waals surface area contributed by atoms with E-state index in [1.807, 2.05) is 19.1 Å². The third kappa shape index (κ3) is 1.93. The van der Waals surface area contributed by atoms with E-state index in [9.17, 15) is 4.79 Å². The monoisotopic (exact) mass is 213 g/mol. The lowest BCUT2D eigenvalue weighted by molar-refractivity contribution is 0.0697. The molecule has 0 unspecified atom stereocenters. The Morgan fingerprint density at radius 3 is 2.81 bits per heavy atom. The maximum absolute atomic E-state index is 10.9. The zero-order valence-electron chi connectivity index (χ0n) is 8.84. The first-order valence-corrected chi connectivity index (χ1v) is 4.93. The van der Waals surface area contributed by atoms with Crippen molar-refractivity contribution >= 4 is 5.97 Å². The molecule has 0 spiro atoms. The summed E-state index contributed by atoms with van der Waals surface area (Å²) >= 11 is 0. The lowest BCUT2D eigenvalue weighted by atomic mass is 10.0. The van der Waals surface area contributed by atoms with Crippen LogP contribution in [0.1, 0.15) is 15.9 Å². The minimum Gasteiger partial charge on any atom is -0.478 e. The number of aromatic carboxylic acids is 1. The van der Waals surface area contributed by atoms with E-state index in [-0.39, 0.29) is 0 Å². The summed E-state index contributed by atoms with van der Waals surface area (Å²) in [6, 6.07) is 8.77. The normalized spacial score (nSPS) is 10.1. The van der Waals surface area contributed by atoms with Gasteiger partial charge in [0, 0.05) is 18.0 Å². The van der Waals surface area contributed by atoms with Gasteiger partial charge in [0.25, 0.3) is 0 Å². The van der Waals surface area contributed by atoms with Crippen molar-refractivity contribution in [1.29, 1.82) is 0 Å². The molecule has 80 valence electrons. The number of nitrogens with zero attached hydrogens (tertiary/aromatic N) is 1. The number of carboxylic acids is 1. The topological polar surface area (TPSA) is 50.2 Å². The van der Waals surface area contributed by atoms with Crippen LogP contribution in [0, 0.1) is 6.92 Å². The van der Waals surface area contributed by atoms with Gasteiger partial charge in [-0.25, -0.2) is 4.79 Å². The fourth-order valence-electron chi connectivity index (χ4n) is 1.59. The highest BCUT2D eigenvalue weighted by atomic mass is 16.4. The van der Waals surface area contributed by atoms with Gasteiger partial charge in [-0.3, -0.25) is 4.98 Å². The number of carboxylic acid groups (broad SMARTS) is 1. The molecule has 0 fully saturated rings. The summed E-state index contributed by atoms with van der Waals surface area (Å²) < 4.78 is 0. The third-order valence-electron chi connectivity index (χ3n) is 2.46. The van der Waals surface area contributed by atoms with Crippen LogP contribution >= 0.6 is 0 Å². The number of pyridine rings is 1. The zero-order valence-corrected chi connectivity index (χ0v) is 8.84. The lowest BCUT2D eigenvalue weighted by Crippen LogP contribution is -1.96. The molecule has 1 heterocycles. The molecular weight excluding hydrogens is 202 g/mol. The average molecular weight is 213 g/mol. The zero-order chi connectivity index (χ0) is 11.5. The highest BCUT2D eigenvalue weighted by Gasteiger charge is 2.06. The van der Waals surface area contributed by atoms with E-state index >= 15 is 0 Å². The van der Waals surface area contributed by atoms with E-state index in [4.69, 9.17) is 5.11 Å². The maximum atomic E-state index is 10.9. The number of carbonyl (C=O) groups is 1. The molecule has 2 rings (SSSR count). The number of benzene rings is 1. The fraction of sp³-hybridized carbons (Fsp3) is 0.0769. The number of aromatic nitrogens is 1. The van der Waals surface area contributed by atoms with Crippen LogP contribution in [0.15, 0.2) is 42.7 Å². The Balaban J connectivity index is 2.53. The first kappa shape index (κ1) is 10.4. The predicted molar refractivity (Wildman–Crippen MR) is 61.4 cm³/mol. The number of rotatable bonds is 2. The summed E-state index contributed by atoms with van der Waals surface area (Å²) in [5.41, 5.74) is 3.22. The molecule has 1 aromatic heterocycles. The molecule has 1 aromatic carbocycles. The second kappa shape index (κ2) is 4.14. The molecule has 0 radical (unpaired) electrons. The summed E-state index contributed by atoms with van der Waals surface area (Å²) in [6.07, 6.45) is 3.47. The van der Waals surface area contributed by atoms with Crippen LogP contribution in [0.4, 0.5) is 0 Å². The molecule has 0 aliphatic carbocycles. The molecule has 0 bridgehead atoms. The van der Waals surface area contributed by atoms with E-state index in [0.29, 0.717) is 5.56 Å². The molecule has 2 aromatic rings. The van der Waals surface area contributed by atoms with Gasteiger partial charge < -0.3 is 5.11 Å². The third-order valence-corrected chi connectivity index (χ3v) is 2.46. The van der Waals surface area contributed by atoms with Crippen LogP contribution in [0.2, 0.25) is 0 Å². The highest BCUT2D eigenvalue weighted by molar-refractivity contribution is 5.89. The molecule has 3 heteroatoms. The Hall–Kier alpha value is -2.16. The highest BCUT2D eigenvalue weighted by Crippen LogP contribution is 2.22. The summed E-state index contributed by atoms with van der Waals surface area (Å²) in [6.45, 7) is 1.98. The van der Waals surface area contributed by atoms with Crippen molar-refractivity contribution < 1.29 is 9.90 Å². The quantitative estimate of drug-likeness (QED) is 0.834. The van der Waals surface area contributed by atoms with Crippen molar-refractivity contribution in [3.05, 3.63) is 53.9 Å². The van der Waals surface area contributed by atoms with Gasteiger partial charge >= 0.3 is 5.97 Å². The Bertz CT molecular complexity index is 535. The van der Waals surface area contributed by atoms with Gasteiger partial charge in [-0.2, -0.15) is 0 Å². The molecular formula is C13H11NO2. The van der Waals surface area contributed by atoms with Crippen molar-refractivity contribution in [2.45, 2.75) is 6.92 Å². The number of aryl methyl sites for hydroxylation is 1. The predicted octanol–water partition coefficient (Wildman–Crippen LogP) is 2.76. The van der Waals surface area contributed by atoms with Crippen LogP contribution in [-0.2, 0) is 0 Å².